The van der Waals surface area contributed by atoms with Crippen LogP contribution in [0.2, 0.25) is 0 Å². The van der Waals surface area contributed by atoms with Crippen molar-refractivity contribution in [3.05, 3.63) is 96.1 Å². The number of carbonyl (C=O) groups is 2. The number of amides is 2. The topological polar surface area (TPSA) is 46.6 Å². The number of hydrogen-bond acceptors (Lipinski definition) is 4. The highest BCUT2D eigenvalue weighted by molar-refractivity contribution is 8.01. The molecule has 1 aliphatic rings. The van der Waals surface area contributed by atoms with Gasteiger partial charge in [-0.25, -0.2) is 9.69 Å². The van der Waals surface area contributed by atoms with Crippen LogP contribution in [0.3, 0.4) is 0 Å². The molecule has 1 atom stereocenters. The molecule has 1 unspecified atom stereocenters. The van der Waals surface area contributed by atoms with Crippen LogP contribution in [0.4, 0.5) is 10.5 Å². The Hall–Kier alpha value is -3.05. The lowest BCUT2D eigenvalue weighted by Gasteiger charge is -2.24. The van der Waals surface area contributed by atoms with Crippen molar-refractivity contribution in [1.82, 2.24) is 0 Å². The fourth-order valence-electron chi connectivity index (χ4n) is 2.98. The average Bonchev–Trinajstić information content (AvgIpc) is 2.95. The van der Waals surface area contributed by atoms with Gasteiger partial charge in [-0.1, -0.05) is 78.0 Å². The van der Waals surface area contributed by atoms with Gasteiger partial charge in [0.1, 0.15) is 0 Å². The second-order valence-corrected chi connectivity index (χ2v) is 7.49. The Morgan fingerprint density at radius 1 is 0.815 bits per heavy atom. The molecule has 134 valence electrons. The minimum Gasteiger partial charge on any atom is -0.416 e. The number of hydrogen-bond donors (Lipinski definition) is 0. The van der Waals surface area contributed by atoms with E-state index in [2.05, 4.69) is 0 Å². The molecule has 0 N–H and O–H groups in total. The van der Waals surface area contributed by atoms with Crippen LogP contribution in [-0.2, 0) is 14.5 Å². The maximum atomic E-state index is 13.5. The van der Waals surface area contributed by atoms with E-state index in [1.165, 1.54) is 11.8 Å². The van der Waals surface area contributed by atoms with E-state index in [4.69, 9.17) is 4.74 Å². The first-order valence-corrected chi connectivity index (χ1v) is 9.35. The van der Waals surface area contributed by atoms with Gasteiger partial charge in [-0.3, -0.25) is 4.79 Å². The molecule has 0 radical (unpaired) electrons. The Balaban J connectivity index is 1.80. The molecule has 1 aliphatic heterocycles. The molecular weight excluding hydrogens is 358 g/mol. The van der Waals surface area contributed by atoms with Crippen LogP contribution in [-0.4, -0.2) is 12.0 Å². The molecule has 0 spiro atoms. The summed E-state index contributed by atoms with van der Waals surface area (Å²) in [5.41, 5.74) is 2.18. The molecule has 0 saturated carbocycles. The first-order valence-electron chi connectivity index (χ1n) is 8.54. The number of cyclic esters (lactones) is 1. The zero-order chi connectivity index (χ0) is 18.9. The third-order valence-electron chi connectivity index (χ3n) is 4.35. The first-order chi connectivity index (χ1) is 13.1. The van der Waals surface area contributed by atoms with E-state index in [-0.39, 0.29) is 0 Å². The van der Waals surface area contributed by atoms with Crippen molar-refractivity contribution in [1.29, 1.82) is 0 Å². The number of ether oxygens (including phenoxy) is 1. The molecule has 5 heteroatoms. The predicted octanol–water partition coefficient (Wildman–Crippen LogP) is 5.12. The van der Waals surface area contributed by atoms with Gasteiger partial charge in [0.2, 0.25) is 0 Å². The second-order valence-electron chi connectivity index (χ2n) is 6.24. The van der Waals surface area contributed by atoms with E-state index in [9.17, 15) is 9.59 Å². The van der Waals surface area contributed by atoms with Crippen molar-refractivity contribution in [3.63, 3.8) is 0 Å². The van der Waals surface area contributed by atoms with Gasteiger partial charge in [0.25, 0.3) is 10.8 Å². The van der Waals surface area contributed by atoms with Gasteiger partial charge in [0.15, 0.2) is 0 Å². The van der Waals surface area contributed by atoms with Gasteiger partial charge in [-0.2, -0.15) is 0 Å². The molecule has 1 heterocycles. The Kier molecular flexibility index (Phi) is 4.46. The summed E-state index contributed by atoms with van der Waals surface area (Å²) < 4.78 is 5.75. The Morgan fingerprint density at radius 2 is 1.41 bits per heavy atom. The highest BCUT2D eigenvalue weighted by Crippen LogP contribution is 2.48. The highest BCUT2D eigenvalue weighted by Gasteiger charge is 2.56. The van der Waals surface area contributed by atoms with Gasteiger partial charge >= 0.3 is 6.09 Å². The molecule has 1 saturated heterocycles. The Bertz CT molecular complexity index is 973. The van der Waals surface area contributed by atoms with Crippen molar-refractivity contribution in [3.8, 4) is 0 Å². The molecule has 3 aromatic rings. The van der Waals surface area contributed by atoms with Crippen LogP contribution in [0, 0.1) is 6.92 Å². The van der Waals surface area contributed by atoms with Crippen LogP contribution in [0.1, 0.15) is 11.1 Å². The van der Waals surface area contributed by atoms with E-state index in [1.807, 2.05) is 67.6 Å². The standard InChI is InChI=1S/C22H17NO3S/c1-16-12-14-18(15-13-16)23-20(24)22(26-21(23)25,17-8-4-2-5-9-17)27-19-10-6-3-7-11-19/h2-15H,1H3. The van der Waals surface area contributed by atoms with Crippen LogP contribution in [0.15, 0.2) is 89.8 Å². The summed E-state index contributed by atoms with van der Waals surface area (Å²) in [5.74, 6) is -0.406. The van der Waals surface area contributed by atoms with E-state index >= 15 is 0 Å². The number of benzene rings is 3. The lowest BCUT2D eigenvalue weighted by molar-refractivity contribution is -0.124. The van der Waals surface area contributed by atoms with Crippen molar-refractivity contribution in [2.24, 2.45) is 0 Å². The number of imide groups is 1. The van der Waals surface area contributed by atoms with Crippen LogP contribution >= 0.6 is 11.8 Å². The minimum absolute atomic E-state index is 0.406. The van der Waals surface area contributed by atoms with Crippen LogP contribution in [0.25, 0.3) is 0 Å². The van der Waals surface area contributed by atoms with Gasteiger partial charge < -0.3 is 4.74 Å². The fraction of sp³-hybridized carbons (Fsp3) is 0.0909. The van der Waals surface area contributed by atoms with Crippen molar-refractivity contribution in [2.75, 3.05) is 4.90 Å². The zero-order valence-electron chi connectivity index (χ0n) is 14.7. The van der Waals surface area contributed by atoms with E-state index in [0.717, 1.165) is 15.4 Å². The van der Waals surface area contributed by atoms with Crippen LogP contribution < -0.4 is 4.90 Å². The van der Waals surface area contributed by atoms with Gasteiger partial charge in [0, 0.05) is 10.5 Å². The minimum atomic E-state index is -1.45. The SMILES string of the molecule is Cc1ccc(N2C(=O)OC(Sc3ccccc3)(c3ccccc3)C2=O)cc1. The smallest absolute Gasteiger partial charge is 0.416 e. The monoisotopic (exact) mass is 375 g/mol. The Labute approximate surface area is 161 Å². The number of aryl methyl sites for hydroxylation is 1. The largest absolute Gasteiger partial charge is 0.423 e. The van der Waals surface area contributed by atoms with Crippen LogP contribution in [0.5, 0.6) is 0 Å². The van der Waals surface area contributed by atoms with Gasteiger partial charge in [-0.05, 0) is 31.2 Å². The Morgan fingerprint density at radius 3 is 2.04 bits per heavy atom. The number of anilines is 1. The summed E-state index contributed by atoms with van der Waals surface area (Å²) in [4.78, 5) is 26.7. The summed E-state index contributed by atoms with van der Waals surface area (Å²) in [6.07, 6.45) is -0.670. The molecule has 3 aromatic carbocycles. The summed E-state index contributed by atoms with van der Waals surface area (Å²) in [6, 6.07) is 25.8. The maximum Gasteiger partial charge on any atom is 0.423 e. The molecular formula is C22H17NO3S. The molecule has 2 amide bonds. The molecule has 27 heavy (non-hydrogen) atoms. The predicted molar refractivity (Wildman–Crippen MR) is 106 cm³/mol. The third kappa shape index (κ3) is 3.11. The summed E-state index contributed by atoms with van der Waals surface area (Å²) >= 11 is 1.23. The van der Waals surface area contributed by atoms with Crippen molar-refractivity contribution >= 4 is 29.4 Å². The fourth-order valence-corrected chi connectivity index (χ4v) is 4.15. The lowest BCUT2D eigenvalue weighted by Crippen LogP contribution is -2.36. The molecule has 0 aromatic heterocycles. The normalized spacial score (nSPS) is 19.2. The third-order valence-corrected chi connectivity index (χ3v) is 5.64. The second kappa shape index (κ2) is 6.93. The van der Waals surface area contributed by atoms with Crippen molar-refractivity contribution < 1.29 is 14.3 Å². The summed E-state index contributed by atoms with van der Waals surface area (Å²) in [5, 5.41) is 0. The average molecular weight is 375 g/mol. The van der Waals surface area contributed by atoms with Gasteiger partial charge in [0.05, 0.1) is 5.69 Å². The van der Waals surface area contributed by atoms with Gasteiger partial charge in [-0.15, -0.1) is 0 Å². The quantitative estimate of drug-likeness (QED) is 0.635. The number of thioether (sulfide) groups is 1. The molecule has 1 fully saturated rings. The summed E-state index contributed by atoms with van der Waals surface area (Å²) in [6.45, 7) is 1.95. The van der Waals surface area contributed by atoms with Crippen molar-refractivity contribution in [2.45, 2.75) is 16.8 Å². The zero-order valence-corrected chi connectivity index (χ0v) is 15.5. The molecule has 4 nitrogen and oxygen atoms in total. The van der Waals surface area contributed by atoms with E-state index < -0.39 is 16.9 Å². The number of rotatable bonds is 4. The lowest BCUT2D eigenvalue weighted by atomic mass is 10.1. The molecule has 4 rings (SSSR count). The number of carbonyl (C=O) groups excluding carboxylic acids is 2. The summed E-state index contributed by atoms with van der Waals surface area (Å²) in [7, 11) is 0. The molecule has 0 aliphatic carbocycles. The number of nitrogens with zero attached hydrogens (tertiary/aromatic N) is 1. The molecule has 0 bridgehead atoms. The van der Waals surface area contributed by atoms with E-state index in [0.29, 0.717) is 11.3 Å². The highest BCUT2D eigenvalue weighted by atomic mass is 32.2. The van der Waals surface area contributed by atoms with E-state index in [1.54, 1.807) is 24.3 Å². The maximum absolute atomic E-state index is 13.5. The first kappa shape index (κ1) is 17.4.